The topological polar surface area (TPSA) is 50.8 Å². The van der Waals surface area contributed by atoms with Gasteiger partial charge in [-0.25, -0.2) is 0 Å². The first-order valence-electron chi connectivity index (χ1n) is 11.4. The first kappa shape index (κ1) is 22.2. The SMILES string of the molecule is CCOC(=O)CCc1ccc2c(c1)N(C)CC(CNC(C)c1cccc3ccccc13)O2. The lowest BCUT2D eigenvalue weighted by atomic mass is 9.99. The molecular formula is C27H32N2O3. The first-order valence-corrected chi connectivity index (χ1v) is 11.4. The largest absolute Gasteiger partial charge is 0.485 e. The van der Waals surface area contributed by atoms with Gasteiger partial charge >= 0.3 is 5.97 Å². The Balaban J connectivity index is 1.37. The van der Waals surface area contributed by atoms with Crippen molar-refractivity contribution in [3.63, 3.8) is 0 Å². The molecule has 5 nitrogen and oxygen atoms in total. The Morgan fingerprint density at radius 2 is 2.00 bits per heavy atom. The number of carbonyl (C=O) groups excluding carboxylic acids is 1. The molecule has 4 rings (SSSR count). The molecule has 2 atom stereocenters. The maximum Gasteiger partial charge on any atom is 0.306 e. The highest BCUT2D eigenvalue weighted by molar-refractivity contribution is 5.86. The highest BCUT2D eigenvalue weighted by atomic mass is 16.5. The van der Waals surface area contributed by atoms with E-state index in [1.807, 2.05) is 19.1 Å². The number of carbonyl (C=O) groups is 1. The molecule has 0 saturated carbocycles. The van der Waals surface area contributed by atoms with E-state index in [-0.39, 0.29) is 18.1 Å². The fraction of sp³-hybridized carbons (Fsp3) is 0.370. The third-order valence-corrected chi connectivity index (χ3v) is 6.07. The predicted molar refractivity (Wildman–Crippen MR) is 129 cm³/mol. The zero-order valence-corrected chi connectivity index (χ0v) is 19.1. The molecule has 3 aromatic carbocycles. The molecule has 1 aliphatic rings. The molecule has 0 aliphatic carbocycles. The number of anilines is 1. The minimum atomic E-state index is -0.152. The van der Waals surface area contributed by atoms with E-state index >= 15 is 0 Å². The Kier molecular flexibility index (Phi) is 6.96. The summed E-state index contributed by atoms with van der Waals surface area (Å²) >= 11 is 0. The summed E-state index contributed by atoms with van der Waals surface area (Å²) in [5.74, 6) is 0.740. The second kappa shape index (κ2) is 10.0. The Bertz CT molecular complexity index is 1080. The van der Waals surface area contributed by atoms with Gasteiger partial charge in [-0.3, -0.25) is 4.79 Å². The van der Waals surface area contributed by atoms with Gasteiger partial charge in [-0.1, -0.05) is 48.5 Å². The van der Waals surface area contributed by atoms with Crippen molar-refractivity contribution in [2.75, 3.05) is 31.6 Å². The number of rotatable bonds is 8. The molecule has 168 valence electrons. The van der Waals surface area contributed by atoms with E-state index in [9.17, 15) is 4.79 Å². The Labute approximate surface area is 190 Å². The van der Waals surface area contributed by atoms with Crippen LogP contribution in [-0.2, 0) is 16.0 Å². The van der Waals surface area contributed by atoms with Crippen LogP contribution in [-0.4, -0.2) is 38.8 Å². The van der Waals surface area contributed by atoms with Gasteiger partial charge in [-0.05, 0) is 54.3 Å². The fourth-order valence-electron chi connectivity index (χ4n) is 4.37. The number of benzene rings is 3. The average Bonchev–Trinajstić information content (AvgIpc) is 2.81. The predicted octanol–water partition coefficient (Wildman–Crippen LogP) is 4.88. The van der Waals surface area contributed by atoms with E-state index in [2.05, 4.69) is 72.7 Å². The standard InChI is InChI=1S/C27H32N2O3/c1-4-31-27(30)15-13-20-12-14-26-25(16-20)29(3)18-22(32-26)17-28-19(2)23-11-7-9-21-8-5-6-10-24(21)23/h5-12,14,16,19,22,28H,4,13,15,17-18H2,1-3H3. The maximum absolute atomic E-state index is 11.6. The van der Waals surface area contributed by atoms with Gasteiger partial charge in [0, 0.05) is 26.1 Å². The molecular weight excluding hydrogens is 400 g/mol. The van der Waals surface area contributed by atoms with Crippen LogP contribution in [0.5, 0.6) is 5.75 Å². The zero-order valence-electron chi connectivity index (χ0n) is 19.1. The van der Waals surface area contributed by atoms with Crippen molar-refractivity contribution in [2.24, 2.45) is 0 Å². The Morgan fingerprint density at radius 1 is 1.19 bits per heavy atom. The molecule has 5 heteroatoms. The molecule has 1 heterocycles. The second-order valence-corrected chi connectivity index (χ2v) is 8.43. The summed E-state index contributed by atoms with van der Waals surface area (Å²) in [6.07, 6.45) is 1.14. The number of nitrogens with zero attached hydrogens (tertiary/aromatic N) is 1. The van der Waals surface area contributed by atoms with Gasteiger partial charge in [0.2, 0.25) is 0 Å². The molecule has 0 fully saturated rings. The van der Waals surface area contributed by atoms with Crippen molar-refractivity contribution < 1.29 is 14.3 Å². The van der Waals surface area contributed by atoms with Gasteiger partial charge in [0.05, 0.1) is 18.8 Å². The summed E-state index contributed by atoms with van der Waals surface area (Å²) in [5, 5.41) is 6.22. The van der Waals surface area contributed by atoms with E-state index in [1.54, 1.807) is 0 Å². The van der Waals surface area contributed by atoms with Crippen molar-refractivity contribution in [1.29, 1.82) is 0 Å². The highest BCUT2D eigenvalue weighted by Gasteiger charge is 2.24. The molecule has 32 heavy (non-hydrogen) atoms. The van der Waals surface area contributed by atoms with Crippen molar-refractivity contribution in [3.05, 3.63) is 71.8 Å². The lowest BCUT2D eigenvalue weighted by Crippen LogP contribution is -2.44. The van der Waals surface area contributed by atoms with Crippen LogP contribution in [0.1, 0.15) is 37.4 Å². The number of nitrogens with one attached hydrogen (secondary N) is 1. The molecule has 2 unspecified atom stereocenters. The lowest BCUT2D eigenvalue weighted by Gasteiger charge is -2.35. The third-order valence-electron chi connectivity index (χ3n) is 6.07. The van der Waals surface area contributed by atoms with E-state index in [0.717, 1.165) is 30.1 Å². The molecule has 0 bridgehead atoms. The van der Waals surface area contributed by atoms with Crippen LogP contribution < -0.4 is 15.0 Å². The van der Waals surface area contributed by atoms with Crippen molar-refractivity contribution in [2.45, 2.75) is 38.8 Å². The van der Waals surface area contributed by atoms with E-state index in [4.69, 9.17) is 9.47 Å². The summed E-state index contributed by atoms with van der Waals surface area (Å²) in [4.78, 5) is 13.9. The van der Waals surface area contributed by atoms with Crippen LogP contribution in [0.4, 0.5) is 5.69 Å². The van der Waals surface area contributed by atoms with Crippen molar-refractivity contribution in [1.82, 2.24) is 5.32 Å². The van der Waals surface area contributed by atoms with E-state index < -0.39 is 0 Å². The normalized spacial score (nSPS) is 16.3. The molecule has 1 N–H and O–H groups in total. The van der Waals surface area contributed by atoms with E-state index in [0.29, 0.717) is 19.4 Å². The minimum absolute atomic E-state index is 0.0651. The van der Waals surface area contributed by atoms with Crippen LogP contribution in [0.3, 0.4) is 0 Å². The number of ether oxygens (including phenoxy) is 2. The monoisotopic (exact) mass is 432 g/mol. The summed E-state index contributed by atoms with van der Waals surface area (Å²) in [6, 6.07) is 21.4. The molecule has 0 spiro atoms. The second-order valence-electron chi connectivity index (χ2n) is 8.43. The molecule has 1 aliphatic heterocycles. The smallest absolute Gasteiger partial charge is 0.306 e. The summed E-state index contributed by atoms with van der Waals surface area (Å²) in [7, 11) is 2.09. The zero-order chi connectivity index (χ0) is 22.5. The quantitative estimate of drug-likeness (QED) is 0.514. The number of esters is 1. The Hall–Kier alpha value is -3.05. The highest BCUT2D eigenvalue weighted by Crippen LogP contribution is 2.34. The number of aryl methyl sites for hydroxylation is 1. The van der Waals surface area contributed by atoms with E-state index in [1.165, 1.54) is 16.3 Å². The van der Waals surface area contributed by atoms with Crippen molar-refractivity contribution in [3.8, 4) is 5.75 Å². The van der Waals surface area contributed by atoms with Crippen LogP contribution in [0.25, 0.3) is 10.8 Å². The summed E-state index contributed by atoms with van der Waals surface area (Å²) in [5.41, 5.74) is 3.50. The van der Waals surface area contributed by atoms with Crippen LogP contribution in [0.2, 0.25) is 0 Å². The van der Waals surface area contributed by atoms with Gasteiger partial charge in [-0.2, -0.15) is 0 Å². The van der Waals surface area contributed by atoms with Crippen LogP contribution in [0.15, 0.2) is 60.7 Å². The molecule has 3 aromatic rings. The molecule has 0 radical (unpaired) electrons. The van der Waals surface area contributed by atoms with Gasteiger partial charge in [0.15, 0.2) is 0 Å². The number of fused-ring (bicyclic) bond motifs is 2. The number of hydrogen-bond acceptors (Lipinski definition) is 5. The minimum Gasteiger partial charge on any atom is -0.485 e. The van der Waals surface area contributed by atoms with Gasteiger partial charge < -0.3 is 19.7 Å². The Morgan fingerprint density at radius 3 is 2.84 bits per heavy atom. The first-order chi connectivity index (χ1) is 15.5. The van der Waals surface area contributed by atoms with Crippen molar-refractivity contribution >= 4 is 22.4 Å². The van der Waals surface area contributed by atoms with Gasteiger partial charge in [0.25, 0.3) is 0 Å². The van der Waals surface area contributed by atoms with Crippen LogP contribution in [0, 0.1) is 0 Å². The molecule has 0 aromatic heterocycles. The van der Waals surface area contributed by atoms with Gasteiger partial charge in [0.1, 0.15) is 11.9 Å². The number of hydrogen-bond donors (Lipinski definition) is 1. The summed E-state index contributed by atoms with van der Waals surface area (Å²) < 4.78 is 11.3. The molecule has 0 amide bonds. The average molecular weight is 433 g/mol. The molecule has 0 saturated heterocycles. The van der Waals surface area contributed by atoms with Crippen LogP contribution >= 0.6 is 0 Å². The lowest BCUT2D eigenvalue weighted by molar-refractivity contribution is -0.143. The summed E-state index contributed by atoms with van der Waals surface area (Å²) in [6.45, 7) is 6.03. The number of likely N-dealkylation sites (N-methyl/N-ethyl adjacent to an activating group) is 1. The fourth-order valence-corrected chi connectivity index (χ4v) is 4.37. The third kappa shape index (κ3) is 5.05. The van der Waals surface area contributed by atoms with Gasteiger partial charge in [-0.15, -0.1) is 0 Å². The maximum atomic E-state index is 11.6.